The Hall–Kier alpha value is -4.70. The second-order valence-electron chi connectivity index (χ2n) is 9.05. The van der Waals surface area contributed by atoms with Crippen LogP contribution in [0.25, 0.3) is 0 Å². The number of hydrogen-bond donors (Lipinski definition) is 2. The maximum Gasteiger partial charge on any atom is 0.251 e. The van der Waals surface area contributed by atoms with Crippen LogP contribution in [0.5, 0.6) is 0 Å². The van der Waals surface area contributed by atoms with Crippen molar-refractivity contribution in [3.63, 3.8) is 0 Å². The third-order valence-corrected chi connectivity index (χ3v) is 7.36. The quantitative estimate of drug-likeness (QED) is 0.291. The molecule has 0 aliphatic carbocycles. The average Bonchev–Trinajstić information content (AvgIpc) is 3.58. The minimum absolute atomic E-state index is 0.185. The molecule has 2 heterocycles. The van der Waals surface area contributed by atoms with E-state index in [1.54, 1.807) is 79.7 Å². The number of thioether (sulfide) groups is 1. The molecule has 0 saturated carbocycles. The fourth-order valence-corrected chi connectivity index (χ4v) is 5.21. The number of nitrogens with zero attached hydrogens (tertiary/aromatic N) is 2. The van der Waals surface area contributed by atoms with E-state index in [1.165, 1.54) is 35.1 Å². The Morgan fingerprint density at radius 3 is 2.50 bits per heavy atom. The number of benzene rings is 3. The van der Waals surface area contributed by atoms with Crippen LogP contribution in [0.15, 0.2) is 107 Å². The summed E-state index contributed by atoms with van der Waals surface area (Å²) in [5, 5.41) is 5.31. The van der Waals surface area contributed by atoms with Gasteiger partial charge in [0.1, 0.15) is 22.9 Å². The Balaban J connectivity index is 1.28. The first-order valence-corrected chi connectivity index (χ1v) is 13.4. The van der Waals surface area contributed by atoms with E-state index in [0.29, 0.717) is 33.4 Å². The topological polar surface area (TPSA) is 104 Å². The lowest BCUT2D eigenvalue weighted by molar-refractivity contribution is -0.126. The van der Waals surface area contributed by atoms with Crippen LogP contribution in [0.4, 0.5) is 15.8 Å². The molecule has 5 rings (SSSR count). The van der Waals surface area contributed by atoms with E-state index in [2.05, 4.69) is 15.6 Å². The number of carbonyl (C=O) groups excluding carboxylic acids is 3. The highest BCUT2D eigenvalue weighted by atomic mass is 32.2. The highest BCUT2D eigenvalue weighted by Crippen LogP contribution is 2.41. The molecule has 0 radical (unpaired) electrons. The van der Waals surface area contributed by atoms with Crippen molar-refractivity contribution in [1.29, 1.82) is 0 Å². The fourth-order valence-electron chi connectivity index (χ4n) is 4.04. The molecule has 1 aliphatic rings. The summed E-state index contributed by atoms with van der Waals surface area (Å²) < 4.78 is 19.2. The third-order valence-electron chi connectivity index (χ3n) is 6.13. The van der Waals surface area contributed by atoms with Crippen LogP contribution < -0.4 is 10.6 Å². The van der Waals surface area contributed by atoms with Gasteiger partial charge in [0.25, 0.3) is 5.91 Å². The molecule has 1 fully saturated rings. The van der Waals surface area contributed by atoms with Gasteiger partial charge in [-0.3, -0.25) is 19.3 Å². The normalized spacial score (nSPS) is 16.6. The fraction of sp³-hybridized carbons (Fsp3) is 0.133. The van der Waals surface area contributed by atoms with Crippen LogP contribution >= 0.6 is 11.8 Å². The zero-order chi connectivity index (χ0) is 28.1. The lowest BCUT2D eigenvalue weighted by atomic mass is 10.1. The molecule has 1 saturated heterocycles. The molecule has 8 nitrogen and oxygen atoms in total. The average molecular weight is 557 g/mol. The third kappa shape index (κ3) is 6.29. The smallest absolute Gasteiger partial charge is 0.251 e. The van der Waals surface area contributed by atoms with E-state index >= 15 is 0 Å². The Morgan fingerprint density at radius 1 is 1.02 bits per heavy atom. The Labute approximate surface area is 234 Å². The molecule has 1 unspecified atom stereocenters. The molecule has 2 atom stereocenters. The number of amides is 3. The summed E-state index contributed by atoms with van der Waals surface area (Å²) in [6.07, 6.45) is 1.53. The minimum Gasteiger partial charge on any atom is -0.467 e. The Bertz CT molecular complexity index is 1540. The van der Waals surface area contributed by atoms with E-state index in [9.17, 15) is 18.8 Å². The number of anilines is 1. The van der Waals surface area contributed by atoms with Crippen molar-refractivity contribution < 1.29 is 23.2 Å². The Kier molecular flexibility index (Phi) is 8.07. The summed E-state index contributed by atoms with van der Waals surface area (Å²) in [6.45, 7) is 1.79. The molecular weight excluding hydrogens is 531 g/mol. The number of aliphatic imine (C=N–C) groups is 1. The lowest BCUT2D eigenvalue weighted by Crippen LogP contribution is -2.41. The largest absolute Gasteiger partial charge is 0.467 e. The number of rotatable bonds is 8. The highest BCUT2D eigenvalue weighted by molar-refractivity contribution is 8.15. The van der Waals surface area contributed by atoms with Crippen LogP contribution in [0.1, 0.15) is 33.9 Å². The maximum absolute atomic E-state index is 13.8. The van der Waals surface area contributed by atoms with Gasteiger partial charge in [0.2, 0.25) is 11.8 Å². The second-order valence-corrected chi connectivity index (χ2v) is 10.1. The summed E-state index contributed by atoms with van der Waals surface area (Å²) >= 11 is 1.26. The van der Waals surface area contributed by atoms with Gasteiger partial charge in [0.15, 0.2) is 5.17 Å². The summed E-state index contributed by atoms with van der Waals surface area (Å²) in [6, 6.07) is 24.2. The van der Waals surface area contributed by atoms with Crippen molar-refractivity contribution in [2.24, 2.45) is 4.99 Å². The van der Waals surface area contributed by atoms with Crippen molar-refractivity contribution in [1.82, 2.24) is 10.2 Å². The minimum atomic E-state index is -0.767. The predicted molar refractivity (Wildman–Crippen MR) is 152 cm³/mol. The van der Waals surface area contributed by atoms with Gasteiger partial charge in [-0.25, -0.2) is 9.38 Å². The molecule has 0 spiro atoms. The van der Waals surface area contributed by atoms with Gasteiger partial charge in [0, 0.05) is 11.3 Å². The molecule has 40 heavy (non-hydrogen) atoms. The Morgan fingerprint density at radius 2 is 1.80 bits per heavy atom. The maximum atomic E-state index is 13.8. The van der Waals surface area contributed by atoms with E-state index < -0.39 is 17.1 Å². The second kappa shape index (κ2) is 12.0. The monoisotopic (exact) mass is 556 g/mol. The number of halogens is 1. The van der Waals surface area contributed by atoms with Gasteiger partial charge in [-0.2, -0.15) is 0 Å². The van der Waals surface area contributed by atoms with Crippen LogP contribution in [0.2, 0.25) is 0 Å². The molecule has 4 aromatic rings. The zero-order valence-corrected chi connectivity index (χ0v) is 22.2. The predicted octanol–water partition coefficient (Wildman–Crippen LogP) is 5.68. The van der Waals surface area contributed by atoms with E-state index in [1.807, 2.05) is 6.07 Å². The van der Waals surface area contributed by atoms with Crippen LogP contribution in [0.3, 0.4) is 0 Å². The first-order valence-electron chi connectivity index (χ1n) is 12.5. The number of hydrogen-bond acceptors (Lipinski definition) is 6. The van der Waals surface area contributed by atoms with Crippen molar-refractivity contribution in [3.8, 4) is 0 Å². The van der Waals surface area contributed by atoms with Crippen LogP contribution in [-0.4, -0.2) is 33.8 Å². The van der Waals surface area contributed by atoms with E-state index in [4.69, 9.17) is 4.42 Å². The van der Waals surface area contributed by atoms with Gasteiger partial charge < -0.3 is 15.1 Å². The van der Waals surface area contributed by atoms with Gasteiger partial charge in [-0.1, -0.05) is 48.2 Å². The van der Waals surface area contributed by atoms with Gasteiger partial charge in [-0.15, -0.1) is 0 Å². The SMILES string of the molecule is C[C@H](NC(=O)c1ccccc1)C(=O)Nc1ccc(C2SC(=Nc3cccc(F)c3)N(Cc3ccco3)C2=O)cc1. The molecule has 10 heteroatoms. The molecule has 3 aromatic carbocycles. The number of amidine groups is 1. The van der Waals surface area contributed by atoms with E-state index in [0.717, 1.165) is 0 Å². The molecule has 1 aromatic heterocycles. The molecular formula is C30H25FN4O4S. The number of furan rings is 1. The molecule has 202 valence electrons. The highest BCUT2D eigenvalue weighted by Gasteiger charge is 2.39. The van der Waals surface area contributed by atoms with Gasteiger partial charge >= 0.3 is 0 Å². The molecule has 3 amide bonds. The van der Waals surface area contributed by atoms with E-state index in [-0.39, 0.29) is 24.3 Å². The van der Waals surface area contributed by atoms with Crippen molar-refractivity contribution in [2.75, 3.05) is 5.32 Å². The molecule has 0 bridgehead atoms. The molecule has 1 aliphatic heterocycles. The lowest BCUT2D eigenvalue weighted by Gasteiger charge is -2.16. The van der Waals surface area contributed by atoms with Gasteiger partial charge in [0.05, 0.1) is 18.5 Å². The summed E-state index contributed by atoms with van der Waals surface area (Å²) in [4.78, 5) is 44.6. The summed E-state index contributed by atoms with van der Waals surface area (Å²) in [5.41, 5.74) is 2.09. The first-order chi connectivity index (χ1) is 19.4. The zero-order valence-electron chi connectivity index (χ0n) is 21.4. The van der Waals surface area contributed by atoms with Crippen LogP contribution in [-0.2, 0) is 16.1 Å². The first kappa shape index (κ1) is 26.9. The summed E-state index contributed by atoms with van der Waals surface area (Å²) in [5.74, 6) is -0.738. The van der Waals surface area contributed by atoms with Crippen molar-refractivity contribution >= 4 is 46.0 Å². The van der Waals surface area contributed by atoms with Gasteiger partial charge in [-0.05, 0) is 67.1 Å². The molecule has 2 N–H and O–H groups in total. The van der Waals surface area contributed by atoms with Crippen molar-refractivity contribution in [2.45, 2.75) is 24.8 Å². The number of carbonyl (C=O) groups is 3. The van der Waals surface area contributed by atoms with Crippen LogP contribution in [0, 0.1) is 5.82 Å². The number of nitrogens with one attached hydrogen (secondary N) is 2. The summed E-state index contributed by atoms with van der Waals surface area (Å²) in [7, 11) is 0. The standard InChI is InChI=1S/C30H25FN4O4S/c1-19(32-28(37)21-7-3-2-4-8-21)27(36)33-23-14-12-20(13-15-23)26-29(38)35(18-25-11-6-16-39-25)30(40-26)34-24-10-5-9-22(31)17-24/h2-17,19,26H,18H2,1H3,(H,32,37)(H,33,36)/t19-,26?/m0/s1. The van der Waals surface area contributed by atoms with Crippen molar-refractivity contribution in [3.05, 3.63) is 120 Å².